The topological polar surface area (TPSA) is 66.5 Å². The standard InChI is InChI=1S/C20H26N2O3S/c1-15(2)17-7-11-19(12-8-17)22(26(4,24)25)14-13-20(23)21-18-9-5-16(3)6-10-18/h5-12,15H,13-14H2,1-4H3,(H,21,23). The molecule has 0 heterocycles. The van der Waals surface area contributed by atoms with Gasteiger partial charge in [-0.1, -0.05) is 43.7 Å². The van der Waals surface area contributed by atoms with Crippen LogP contribution in [0, 0.1) is 6.92 Å². The van der Waals surface area contributed by atoms with E-state index in [0.29, 0.717) is 17.3 Å². The van der Waals surface area contributed by atoms with Crippen LogP contribution in [0.5, 0.6) is 0 Å². The fourth-order valence-corrected chi connectivity index (χ4v) is 3.50. The van der Waals surface area contributed by atoms with E-state index < -0.39 is 10.0 Å². The number of hydrogen-bond acceptors (Lipinski definition) is 3. The van der Waals surface area contributed by atoms with Crippen LogP contribution in [0.4, 0.5) is 11.4 Å². The van der Waals surface area contributed by atoms with Crippen molar-refractivity contribution in [2.45, 2.75) is 33.1 Å². The number of benzene rings is 2. The highest BCUT2D eigenvalue weighted by Gasteiger charge is 2.19. The summed E-state index contributed by atoms with van der Waals surface area (Å²) in [5, 5.41) is 2.79. The largest absolute Gasteiger partial charge is 0.326 e. The van der Waals surface area contributed by atoms with Crippen LogP contribution in [-0.2, 0) is 14.8 Å². The second-order valence-corrected chi connectivity index (χ2v) is 8.65. The number of nitrogens with one attached hydrogen (secondary N) is 1. The average molecular weight is 375 g/mol. The van der Waals surface area contributed by atoms with Crippen LogP contribution in [0.3, 0.4) is 0 Å². The molecule has 5 nitrogen and oxygen atoms in total. The fourth-order valence-electron chi connectivity index (χ4n) is 2.58. The first kappa shape index (κ1) is 20.0. The number of sulfonamides is 1. The van der Waals surface area contributed by atoms with Gasteiger partial charge in [-0.2, -0.15) is 0 Å². The van der Waals surface area contributed by atoms with Crippen molar-refractivity contribution >= 4 is 27.3 Å². The number of carbonyl (C=O) groups excluding carboxylic acids is 1. The maximum absolute atomic E-state index is 12.2. The van der Waals surface area contributed by atoms with E-state index in [1.807, 2.05) is 43.3 Å². The third kappa shape index (κ3) is 5.59. The molecule has 0 atom stereocenters. The molecule has 0 aliphatic carbocycles. The van der Waals surface area contributed by atoms with Crippen molar-refractivity contribution in [1.82, 2.24) is 0 Å². The van der Waals surface area contributed by atoms with Crippen LogP contribution in [0.1, 0.15) is 37.3 Å². The van der Waals surface area contributed by atoms with Gasteiger partial charge in [-0.15, -0.1) is 0 Å². The number of aryl methyl sites for hydroxylation is 1. The molecule has 0 saturated heterocycles. The number of rotatable bonds is 7. The molecule has 0 fully saturated rings. The Bertz CT molecular complexity index is 842. The van der Waals surface area contributed by atoms with E-state index in [2.05, 4.69) is 19.2 Å². The van der Waals surface area contributed by atoms with Crippen LogP contribution in [0.25, 0.3) is 0 Å². The molecule has 0 radical (unpaired) electrons. The summed E-state index contributed by atoms with van der Waals surface area (Å²) in [6, 6.07) is 14.9. The minimum atomic E-state index is -3.47. The summed E-state index contributed by atoms with van der Waals surface area (Å²) < 4.78 is 25.6. The van der Waals surface area contributed by atoms with Crippen molar-refractivity contribution in [2.75, 3.05) is 22.4 Å². The summed E-state index contributed by atoms with van der Waals surface area (Å²) in [7, 11) is -3.47. The Hall–Kier alpha value is -2.34. The quantitative estimate of drug-likeness (QED) is 0.799. The zero-order chi connectivity index (χ0) is 19.3. The number of amides is 1. The zero-order valence-electron chi connectivity index (χ0n) is 15.7. The lowest BCUT2D eigenvalue weighted by molar-refractivity contribution is -0.116. The molecule has 0 aromatic heterocycles. The predicted octanol–water partition coefficient (Wildman–Crippen LogP) is 3.91. The molecule has 2 rings (SSSR count). The fraction of sp³-hybridized carbons (Fsp3) is 0.350. The van der Waals surface area contributed by atoms with Crippen molar-refractivity contribution in [1.29, 1.82) is 0 Å². The number of hydrogen-bond donors (Lipinski definition) is 1. The summed E-state index contributed by atoms with van der Waals surface area (Å²) >= 11 is 0. The van der Waals surface area contributed by atoms with Gasteiger partial charge < -0.3 is 5.32 Å². The van der Waals surface area contributed by atoms with E-state index in [0.717, 1.165) is 17.4 Å². The molecule has 1 amide bonds. The molecule has 2 aromatic carbocycles. The van der Waals surface area contributed by atoms with E-state index >= 15 is 0 Å². The maximum Gasteiger partial charge on any atom is 0.232 e. The summed E-state index contributed by atoms with van der Waals surface area (Å²) in [6.45, 7) is 6.23. The lowest BCUT2D eigenvalue weighted by atomic mass is 10.0. The van der Waals surface area contributed by atoms with Crippen molar-refractivity contribution in [3.05, 3.63) is 59.7 Å². The van der Waals surface area contributed by atoms with Crippen LogP contribution < -0.4 is 9.62 Å². The zero-order valence-corrected chi connectivity index (χ0v) is 16.5. The molecule has 2 aromatic rings. The Morgan fingerprint density at radius 1 is 1.04 bits per heavy atom. The van der Waals surface area contributed by atoms with Gasteiger partial charge in [-0.3, -0.25) is 9.10 Å². The maximum atomic E-state index is 12.2. The van der Waals surface area contributed by atoms with E-state index in [-0.39, 0.29) is 18.9 Å². The highest BCUT2D eigenvalue weighted by atomic mass is 32.2. The van der Waals surface area contributed by atoms with Crippen LogP contribution in [-0.4, -0.2) is 27.1 Å². The van der Waals surface area contributed by atoms with Gasteiger partial charge in [0.25, 0.3) is 0 Å². The van der Waals surface area contributed by atoms with Gasteiger partial charge in [-0.25, -0.2) is 8.42 Å². The predicted molar refractivity (Wildman–Crippen MR) is 107 cm³/mol. The molecular formula is C20H26N2O3S. The first-order valence-corrected chi connectivity index (χ1v) is 10.5. The van der Waals surface area contributed by atoms with Gasteiger partial charge >= 0.3 is 0 Å². The Kier molecular flexibility index (Phi) is 6.42. The van der Waals surface area contributed by atoms with E-state index in [1.165, 1.54) is 4.31 Å². The first-order valence-electron chi connectivity index (χ1n) is 8.61. The SMILES string of the molecule is Cc1ccc(NC(=O)CCN(c2ccc(C(C)C)cc2)S(C)(=O)=O)cc1. The monoisotopic (exact) mass is 374 g/mol. The summed E-state index contributed by atoms with van der Waals surface area (Å²) in [5.74, 6) is 0.150. The van der Waals surface area contributed by atoms with Crippen LogP contribution >= 0.6 is 0 Å². The summed E-state index contributed by atoms with van der Waals surface area (Å²) in [5.41, 5.74) is 3.52. The number of carbonyl (C=O) groups is 1. The molecule has 0 aliphatic heterocycles. The second kappa shape index (κ2) is 8.36. The molecule has 0 bridgehead atoms. The Morgan fingerprint density at radius 3 is 2.12 bits per heavy atom. The van der Waals surface area contributed by atoms with Crippen molar-refractivity contribution in [3.8, 4) is 0 Å². The van der Waals surface area contributed by atoms with E-state index in [9.17, 15) is 13.2 Å². The third-order valence-corrected chi connectivity index (χ3v) is 5.32. The second-order valence-electron chi connectivity index (χ2n) is 6.75. The van der Waals surface area contributed by atoms with Gasteiger partial charge in [0.05, 0.1) is 11.9 Å². The lowest BCUT2D eigenvalue weighted by Crippen LogP contribution is -2.33. The first-order chi connectivity index (χ1) is 12.2. The molecule has 0 spiro atoms. The molecule has 0 saturated carbocycles. The normalized spacial score (nSPS) is 11.4. The highest BCUT2D eigenvalue weighted by molar-refractivity contribution is 7.92. The van der Waals surface area contributed by atoms with Crippen LogP contribution in [0.2, 0.25) is 0 Å². The molecule has 6 heteroatoms. The molecule has 0 unspecified atom stereocenters. The Balaban J connectivity index is 2.06. The minimum Gasteiger partial charge on any atom is -0.326 e. The Labute approximate surface area is 156 Å². The van der Waals surface area contributed by atoms with E-state index in [4.69, 9.17) is 0 Å². The third-order valence-electron chi connectivity index (χ3n) is 4.13. The average Bonchev–Trinajstić information content (AvgIpc) is 2.56. The molecule has 1 N–H and O–H groups in total. The van der Waals surface area contributed by atoms with Crippen molar-refractivity contribution < 1.29 is 13.2 Å². The molecule has 140 valence electrons. The molecular weight excluding hydrogens is 348 g/mol. The summed E-state index contributed by atoms with van der Waals surface area (Å²) in [4.78, 5) is 12.2. The molecule has 26 heavy (non-hydrogen) atoms. The van der Waals surface area contributed by atoms with Crippen molar-refractivity contribution in [3.63, 3.8) is 0 Å². The number of nitrogens with zero attached hydrogens (tertiary/aromatic N) is 1. The highest BCUT2D eigenvalue weighted by Crippen LogP contribution is 2.22. The van der Waals surface area contributed by atoms with Gasteiger partial charge in [0, 0.05) is 18.7 Å². The van der Waals surface area contributed by atoms with Gasteiger partial charge in [0.2, 0.25) is 15.9 Å². The summed E-state index contributed by atoms with van der Waals surface area (Å²) in [6.07, 6.45) is 1.23. The van der Waals surface area contributed by atoms with Gasteiger partial charge in [0.15, 0.2) is 0 Å². The Morgan fingerprint density at radius 2 is 1.62 bits per heavy atom. The van der Waals surface area contributed by atoms with E-state index in [1.54, 1.807) is 12.1 Å². The van der Waals surface area contributed by atoms with Gasteiger partial charge in [-0.05, 0) is 42.7 Å². The van der Waals surface area contributed by atoms with Crippen LogP contribution in [0.15, 0.2) is 48.5 Å². The lowest BCUT2D eigenvalue weighted by Gasteiger charge is -2.22. The minimum absolute atomic E-state index is 0.0763. The van der Waals surface area contributed by atoms with Crippen molar-refractivity contribution in [2.24, 2.45) is 0 Å². The molecule has 0 aliphatic rings. The number of anilines is 2. The smallest absolute Gasteiger partial charge is 0.232 e. The van der Waals surface area contributed by atoms with Gasteiger partial charge in [0.1, 0.15) is 0 Å².